The average molecular weight is 241 g/mol. The molecule has 2 heteroatoms. The molecule has 2 atom stereocenters. The van der Waals surface area contributed by atoms with Crippen LogP contribution in [0, 0.1) is 11.8 Å². The van der Waals surface area contributed by atoms with Gasteiger partial charge in [0.25, 0.3) is 0 Å². The van der Waals surface area contributed by atoms with Crippen molar-refractivity contribution in [2.45, 2.75) is 71.4 Å². The van der Waals surface area contributed by atoms with Gasteiger partial charge in [0.15, 0.2) is 0 Å². The summed E-state index contributed by atoms with van der Waals surface area (Å²) in [5.41, 5.74) is 0. The maximum absolute atomic E-state index is 5.72. The van der Waals surface area contributed by atoms with E-state index in [9.17, 15) is 0 Å². The lowest BCUT2D eigenvalue weighted by molar-refractivity contribution is 0.0307. The number of ether oxygens (including phenoxy) is 1. The molecule has 17 heavy (non-hydrogen) atoms. The molecule has 0 aromatic carbocycles. The van der Waals surface area contributed by atoms with Crippen LogP contribution in [0.15, 0.2) is 0 Å². The highest BCUT2D eigenvalue weighted by molar-refractivity contribution is 4.86. The predicted octanol–water partition coefficient (Wildman–Crippen LogP) is 3.61. The average Bonchev–Trinajstić information content (AvgIpc) is 2.35. The zero-order chi connectivity index (χ0) is 12.7. The van der Waals surface area contributed by atoms with E-state index in [0.717, 1.165) is 18.4 Å². The SMILES string of the molecule is CCCC(OC)C(NCC)C1CCC(C)CC1. The fourth-order valence-electron chi connectivity index (χ4n) is 3.21. The highest BCUT2D eigenvalue weighted by atomic mass is 16.5. The molecule has 1 fully saturated rings. The fourth-order valence-corrected chi connectivity index (χ4v) is 3.21. The summed E-state index contributed by atoms with van der Waals surface area (Å²) in [6, 6.07) is 0.567. The van der Waals surface area contributed by atoms with Crippen LogP contribution < -0.4 is 5.32 Å². The minimum Gasteiger partial charge on any atom is -0.380 e. The van der Waals surface area contributed by atoms with Crippen molar-refractivity contribution < 1.29 is 4.74 Å². The summed E-state index contributed by atoms with van der Waals surface area (Å²) in [5.74, 6) is 1.75. The van der Waals surface area contributed by atoms with E-state index in [1.54, 1.807) is 0 Å². The van der Waals surface area contributed by atoms with Crippen LogP contribution in [0.4, 0.5) is 0 Å². The van der Waals surface area contributed by atoms with Gasteiger partial charge in [0.2, 0.25) is 0 Å². The molecule has 0 radical (unpaired) electrons. The number of methoxy groups -OCH3 is 1. The van der Waals surface area contributed by atoms with Crippen LogP contribution in [0.5, 0.6) is 0 Å². The molecule has 0 aromatic heterocycles. The number of hydrogen-bond acceptors (Lipinski definition) is 2. The molecule has 0 aromatic rings. The van der Waals surface area contributed by atoms with Crippen molar-refractivity contribution in [1.29, 1.82) is 0 Å². The molecule has 2 nitrogen and oxygen atoms in total. The number of hydrogen-bond donors (Lipinski definition) is 1. The summed E-state index contributed by atoms with van der Waals surface area (Å²) in [6.45, 7) is 7.90. The molecule has 1 rings (SSSR count). The van der Waals surface area contributed by atoms with Crippen LogP contribution in [0.1, 0.15) is 59.3 Å². The molecule has 1 aliphatic carbocycles. The molecule has 0 bridgehead atoms. The lowest BCUT2D eigenvalue weighted by Gasteiger charge is -2.37. The van der Waals surface area contributed by atoms with Crippen molar-refractivity contribution >= 4 is 0 Å². The van der Waals surface area contributed by atoms with Gasteiger partial charge in [-0.1, -0.05) is 40.0 Å². The number of nitrogens with one attached hydrogen (secondary N) is 1. The second-order valence-corrected chi connectivity index (χ2v) is 5.67. The first-order valence-corrected chi connectivity index (χ1v) is 7.49. The van der Waals surface area contributed by atoms with Crippen LogP contribution >= 0.6 is 0 Å². The van der Waals surface area contributed by atoms with Crippen molar-refractivity contribution in [2.75, 3.05) is 13.7 Å². The molecule has 0 heterocycles. The Balaban J connectivity index is 2.56. The number of likely N-dealkylation sites (N-methyl/N-ethyl adjacent to an activating group) is 1. The van der Waals surface area contributed by atoms with E-state index in [0.29, 0.717) is 12.1 Å². The van der Waals surface area contributed by atoms with Crippen molar-refractivity contribution in [3.05, 3.63) is 0 Å². The first kappa shape index (κ1) is 15.0. The Bertz CT molecular complexity index is 187. The molecule has 0 amide bonds. The van der Waals surface area contributed by atoms with Gasteiger partial charge in [-0.25, -0.2) is 0 Å². The summed E-state index contributed by atoms with van der Waals surface area (Å²) < 4.78 is 5.72. The van der Waals surface area contributed by atoms with Gasteiger partial charge >= 0.3 is 0 Å². The van der Waals surface area contributed by atoms with E-state index in [1.807, 2.05) is 7.11 Å². The molecular formula is C15H31NO. The summed E-state index contributed by atoms with van der Waals surface area (Å²) in [5, 5.41) is 3.68. The van der Waals surface area contributed by atoms with Crippen molar-refractivity contribution in [2.24, 2.45) is 11.8 Å². The van der Waals surface area contributed by atoms with Gasteiger partial charge in [0.05, 0.1) is 6.10 Å². The van der Waals surface area contributed by atoms with E-state index in [4.69, 9.17) is 4.74 Å². The zero-order valence-corrected chi connectivity index (χ0v) is 12.2. The second kappa shape index (κ2) is 8.10. The van der Waals surface area contributed by atoms with Gasteiger partial charge in [0.1, 0.15) is 0 Å². The molecule has 0 aliphatic heterocycles. The standard InChI is InChI=1S/C15H31NO/c1-5-7-14(17-4)15(16-6-2)13-10-8-12(3)9-11-13/h12-16H,5-11H2,1-4H3. The smallest absolute Gasteiger partial charge is 0.0726 e. The summed E-state index contributed by atoms with van der Waals surface area (Å²) in [4.78, 5) is 0. The Hall–Kier alpha value is -0.0800. The summed E-state index contributed by atoms with van der Waals surface area (Å²) >= 11 is 0. The van der Waals surface area contributed by atoms with E-state index in [2.05, 4.69) is 26.1 Å². The topological polar surface area (TPSA) is 21.3 Å². The van der Waals surface area contributed by atoms with E-state index >= 15 is 0 Å². The maximum Gasteiger partial charge on any atom is 0.0726 e. The van der Waals surface area contributed by atoms with Gasteiger partial charge in [-0.15, -0.1) is 0 Å². The molecular weight excluding hydrogens is 210 g/mol. The van der Waals surface area contributed by atoms with Gasteiger partial charge in [-0.3, -0.25) is 0 Å². The quantitative estimate of drug-likeness (QED) is 0.735. The third-order valence-corrected chi connectivity index (χ3v) is 4.28. The molecule has 102 valence electrons. The number of rotatable bonds is 7. The van der Waals surface area contributed by atoms with E-state index in [1.165, 1.54) is 38.5 Å². The molecule has 1 saturated carbocycles. The Morgan fingerprint density at radius 2 is 1.82 bits per heavy atom. The first-order chi connectivity index (χ1) is 8.22. The Labute approximate surface area is 108 Å². The minimum absolute atomic E-state index is 0.401. The molecule has 0 saturated heterocycles. The van der Waals surface area contributed by atoms with Gasteiger partial charge in [-0.05, 0) is 37.6 Å². The van der Waals surface area contributed by atoms with Crippen LogP contribution in [0.2, 0.25) is 0 Å². The van der Waals surface area contributed by atoms with Gasteiger partial charge in [0, 0.05) is 13.2 Å². The van der Waals surface area contributed by atoms with Crippen LogP contribution in [0.25, 0.3) is 0 Å². The molecule has 0 spiro atoms. The normalized spacial score (nSPS) is 28.9. The van der Waals surface area contributed by atoms with E-state index < -0.39 is 0 Å². The van der Waals surface area contributed by atoms with Crippen molar-refractivity contribution in [3.63, 3.8) is 0 Å². The van der Waals surface area contributed by atoms with Gasteiger partial charge in [-0.2, -0.15) is 0 Å². The highest BCUT2D eigenvalue weighted by Gasteiger charge is 2.30. The molecule has 1 aliphatic rings. The third kappa shape index (κ3) is 4.59. The third-order valence-electron chi connectivity index (χ3n) is 4.28. The summed E-state index contributed by atoms with van der Waals surface area (Å²) in [7, 11) is 1.87. The van der Waals surface area contributed by atoms with Gasteiger partial charge < -0.3 is 10.1 Å². The van der Waals surface area contributed by atoms with Crippen molar-refractivity contribution in [3.8, 4) is 0 Å². The molecule has 2 unspecified atom stereocenters. The predicted molar refractivity (Wildman–Crippen MR) is 74.3 cm³/mol. The van der Waals surface area contributed by atoms with Crippen LogP contribution in [0.3, 0.4) is 0 Å². The first-order valence-electron chi connectivity index (χ1n) is 7.49. The zero-order valence-electron chi connectivity index (χ0n) is 12.2. The largest absolute Gasteiger partial charge is 0.380 e. The molecule has 1 N–H and O–H groups in total. The van der Waals surface area contributed by atoms with Crippen LogP contribution in [-0.2, 0) is 4.74 Å². The fraction of sp³-hybridized carbons (Fsp3) is 1.00. The Morgan fingerprint density at radius 1 is 1.18 bits per heavy atom. The minimum atomic E-state index is 0.401. The van der Waals surface area contributed by atoms with Crippen molar-refractivity contribution in [1.82, 2.24) is 5.32 Å². The summed E-state index contributed by atoms with van der Waals surface area (Å²) in [6.07, 6.45) is 8.34. The van der Waals surface area contributed by atoms with Crippen LogP contribution in [-0.4, -0.2) is 25.8 Å². The van der Waals surface area contributed by atoms with E-state index in [-0.39, 0.29) is 0 Å². The highest BCUT2D eigenvalue weighted by Crippen LogP contribution is 2.32. The Morgan fingerprint density at radius 3 is 2.29 bits per heavy atom. The lowest BCUT2D eigenvalue weighted by Crippen LogP contribution is -2.47. The maximum atomic E-state index is 5.72. The monoisotopic (exact) mass is 241 g/mol. The lowest BCUT2D eigenvalue weighted by atomic mass is 9.77. The second-order valence-electron chi connectivity index (χ2n) is 5.67. The Kier molecular flexibility index (Phi) is 7.14.